The Morgan fingerprint density at radius 2 is 2.24 bits per heavy atom. The maximum atomic E-state index is 12.0. The van der Waals surface area contributed by atoms with Crippen molar-refractivity contribution in [2.75, 3.05) is 18.0 Å². The highest BCUT2D eigenvalue weighted by Crippen LogP contribution is 2.26. The first-order valence-electron chi connectivity index (χ1n) is 7.28. The molecule has 5 heteroatoms. The predicted molar refractivity (Wildman–Crippen MR) is 82.1 cm³/mol. The number of amides is 1. The maximum Gasteiger partial charge on any atom is 0.242 e. The normalized spacial score (nSPS) is 18.9. The fraction of sp³-hybridized carbons (Fsp3) is 0.375. The SMILES string of the molecule is CCC1C(=O)NCCN1c1nc2ccccc2cc1CO. The van der Waals surface area contributed by atoms with Gasteiger partial charge in [0.05, 0.1) is 12.1 Å². The molecular weight excluding hydrogens is 266 g/mol. The Balaban J connectivity index is 2.11. The number of hydrogen-bond donors (Lipinski definition) is 2. The Morgan fingerprint density at radius 3 is 3.00 bits per heavy atom. The summed E-state index contributed by atoms with van der Waals surface area (Å²) in [5.74, 6) is 0.750. The molecular formula is C16H19N3O2. The third-order valence-corrected chi connectivity index (χ3v) is 3.94. The van der Waals surface area contributed by atoms with Gasteiger partial charge in [-0.3, -0.25) is 4.79 Å². The van der Waals surface area contributed by atoms with Crippen LogP contribution in [0.15, 0.2) is 30.3 Å². The number of pyridine rings is 1. The predicted octanol–water partition coefficient (Wildman–Crippen LogP) is 1.44. The van der Waals surface area contributed by atoms with E-state index in [0.29, 0.717) is 19.5 Å². The minimum absolute atomic E-state index is 0.0302. The Labute approximate surface area is 123 Å². The standard InChI is InChI=1S/C16H19N3O2/c1-2-14-16(21)17-7-8-19(14)15-12(10-20)9-11-5-3-4-6-13(11)18-15/h3-6,9,14,20H,2,7-8,10H2,1H3,(H,17,21). The largest absolute Gasteiger partial charge is 0.392 e. The summed E-state index contributed by atoms with van der Waals surface area (Å²) >= 11 is 0. The molecule has 1 unspecified atom stereocenters. The molecule has 0 spiro atoms. The van der Waals surface area contributed by atoms with Gasteiger partial charge in [-0.05, 0) is 18.6 Å². The average molecular weight is 285 g/mol. The molecule has 1 aliphatic rings. The number of anilines is 1. The summed E-state index contributed by atoms with van der Waals surface area (Å²) in [5.41, 5.74) is 1.65. The van der Waals surface area contributed by atoms with E-state index < -0.39 is 0 Å². The number of hydrogen-bond acceptors (Lipinski definition) is 4. The number of nitrogens with one attached hydrogen (secondary N) is 1. The van der Waals surface area contributed by atoms with Gasteiger partial charge in [0.1, 0.15) is 11.9 Å². The summed E-state index contributed by atoms with van der Waals surface area (Å²) in [6.45, 7) is 3.22. The van der Waals surface area contributed by atoms with E-state index in [0.717, 1.165) is 22.3 Å². The van der Waals surface area contributed by atoms with Gasteiger partial charge < -0.3 is 15.3 Å². The number of nitrogens with zero attached hydrogens (tertiary/aromatic N) is 2. The summed E-state index contributed by atoms with van der Waals surface area (Å²) in [6.07, 6.45) is 0.714. The van der Waals surface area contributed by atoms with Gasteiger partial charge in [-0.15, -0.1) is 0 Å². The monoisotopic (exact) mass is 285 g/mol. The molecule has 1 atom stereocenters. The molecule has 2 N–H and O–H groups in total. The highest BCUT2D eigenvalue weighted by Gasteiger charge is 2.30. The molecule has 1 saturated heterocycles. The highest BCUT2D eigenvalue weighted by molar-refractivity contribution is 5.88. The number of aromatic nitrogens is 1. The van der Waals surface area contributed by atoms with Crippen LogP contribution in [0.1, 0.15) is 18.9 Å². The van der Waals surface area contributed by atoms with Gasteiger partial charge in [-0.1, -0.05) is 25.1 Å². The van der Waals surface area contributed by atoms with Gasteiger partial charge in [0.25, 0.3) is 0 Å². The maximum absolute atomic E-state index is 12.0. The molecule has 1 aromatic carbocycles. The number of aliphatic hydroxyl groups is 1. The molecule has 1 aliphatic heterocycles. The van der Waals surface area contributed by atoms with E-state index in [2.05, 4.69) is 10.3 Å². The third-order valence-electron chi connectivity index (χ3n) is 3.94. The van der Waals surface area contributed by atoms with E-state index in [1.54, 1.807) is 0 Å². The zero-order valence-corrected chi connectivity index (χ0v) is 12.0. The summed E-state index contributed by atoms with van der Waals surface area (Å²) in [7, 11) is 0. The zero-order valence-electron chi connectivity index (χ0n) is 12.0. The van der Waals surface area contributed by atoms with E-state index in [1.165, 1.54) is 0 Å². The molecule has 0 saturated carbocycles. The van der Waals surface area contributed by atoms with Crippen molar-refractivity contribution in [1.29, 1.82) is 0 Å². The second kappa shape index (κ2) is 5.69. The van der Waals surface area contributed by atoms with E-state index in [1.807, 2.05) is 42.2 Å². The lowest BCUT2D eigenvalue weighted by molar-refractivity contribution is -0.123. The van der Waals surface area contributed by atoms with Crippen molar-refractivity contribution in [2.24, 2.45) is 0 Å². The molecule has 21 heavy (non-hydrogen) atoms. The van der Waals surface area contributed by atoms with Crippen LogP contribution >= 0.6 is 0 Å². The van der Waals surface area contributed by atoms with E-state index in [4.69, 9.17) is 0 Å². The minimum atomic E-state index is -0.224. The van der Waals surface area contributed by atoms with Crippen LogP contribution in [0, 0.1) is 0 Å². The van der Waals surface area contributed by atoms with Crippen molar-refractivity contribution >= 4 is 22.6 Å². The second-order valence-electron chi connectivity index (χ2n) is 5.23. The first-order chi connectivity index (χ1) is 10.2. The van der Waals surface area contributed by atoms with Gasteiger partial charge in [0.2, 0.25) is 5.91 Å². The Hall–Kier alpha value is -2.14. The number of para-hydroxylation sites is 1. The Morgan fingerprint density at radius 1 is 1.43 bits per heavy atom. The summed E-state index contributed by atoms with van der Waals surface area (Å²) in [6, 6.07) is 9.55. The van der Waals surface area contributed by atoms with Crippen molar-refractivity contribution in [3.05, 3.63) is 35.9 Å². The van der Waals surface area contributed by atoms with Crippen molar-refractivity contribution in [3.8, 4) is 0 Å². The number of fused-ring (bicyclic) bond motifs is 1. The molecule has 3 rings (SSSR count). The van der Waals surface area contributed by atoms with Crippen molar-refractivity contribution in [2.45, 2.75) is 26.0 Å². The molecule has 2 heterocycles. The van der Waals surface area contributed by atoms with Crippen LogP contribution < -0.4 is 10.2 Å². The lowest BCUT2D eigenvalue weighted by atomic mass is 10.1. The van der Waals surface area contributed by atoms with Crippen LogP contribution in [0.3, 0.4) is 0 Å². The van der Waals surface area contributed by atoms with E-state index >= 15 is 0 Å². The molecule has 1 aromatic heterocycles. The van der Waals surface area contributed by atoms with Crippen LogP contribution in [0.5, 0.6) is 0 Å². The van der Waals surface area contributed by atoms with Gasteiger partial charge >= 0.3 is 0 Å². The van der Waals surface area contributed by atoms with Crippen LogP contribution in [0.2, 0.25) is 0 Å². The summed E-state index contributed by atoms with van der Waals surface area (Å²) in [4.78, 5) is 18.7. The average Bonchev–Trinajstić information content (AvgIpc) is 2.53. The van der Waals surface area contributed by atoms with Gasteiger partial charge in [0, 0.05) is 24.0 Å². The lowest BCUT2D eigenvalue weighted by Crippen LogP contribution is -2.55. The number of piperazine rings is 1. The second-order valence-corrected chi connectivity index (χ2v) is 5.23. The van der Waals surface area contributed by atoms with Crippen molar-refractivity contribution in [3.63, 3.8) is 0 Å². The fourth-order valence-electron chi connectivity index (χ4n) is 2.89. The smallest absolute Gasteiger partial charge is 0.242 e. The molecule has 0 bridgehead atoms. The summed E-state index contributed by atoms with van der Waals surface area (Å²) in [5, 5.41) is 13.6. The number of rotatable bonds is 3. The number of benzene rings is 1. The van der Waals surface area contributed by atoms with Gasteiger partial charge in [-0.2, -0.15) is 0 Å². The first kappa shape index (κ1) is 13.8. The molecule has 110 valence electrons. The Bertz CT molecular complexity index is 672. The van der Waals surface area contributed by atoms with Crippen LogP contribution in [-0.4, -0.2) is 35.1 Å². The number of carbonyl (C=O) groups is 1. The van der Waals surface area contributed by atoms with Crippen LogP contribution in [-0.2, 0) is 11.4 Å². The van der Waals surface area contributed by atoms with E-state index in [9.17, 15) is 9.90 Å². The minimum Gasteiger partial charge on any atom is -0.392 e. The number of aliphatic hydroxyl groups excluding tert-OH is 1. The lowest BCUT2D eigenvalue weighted by Gasteiger charge is -2.36. The van der Waals surface area contributed by atoms with Crippen molar-refractivity contribution in [1.82, 2.24) is 10.3 Å². The van der Waals surface area contributed by atoms with Crippen LogP contribution in [0.25, 0.3) is 10.9 Å². The van der Waals surface area contributed by atoms with Crippen molar-refractivity contribution < 1.29 is 9.90 Å². The molecule has 2 aromatic rings. The molecule has 0 radical (unpaired) electrons. The first-order valence-corrected chi connectivity index (χ1v) is 7.28. The van der Waals surface area contributed by atoms with Crippen LogP contribution in [0.4, 0.5) is 5.82 Å². The van der Waals surface area contributed by atoms with E-state index in [-0.39, 0.29) is 18.6 Å². The number of carbonyl (C=O) groups excluding carboxylic acids is 1. The topological polar surface area (TPSA) is 65.5 Å². The molecule has 0 aliphatic carbocycles. The van der Waals surface area contributed by atoms with Gasteiger partial charge in [-0.25, -0.2) is 4.98 Å². The highest BCUT2D eigenvalue weighted by atomic mass is 16.3. The molecule has 1 fully saturated rings. The molecule has 1 amide bonds. The molecule has 5 nitrogen and oxygen atoms in total. The fourth-order valence-corrected chi connectivity index (χ4v) is 2.89. The quantitative estimate of drug-likeness (QED) is 0.895. The Kier molecular flexibility index (Phi) is 3.75. The third kappa shape index (κ3) is 2.45. The van der Waals surface area contributed by atoms with Gasteiger partial charge in [0.15, 0.2) is 0 Å². The zero-order chi connectivity index (χ0) is 14.8. The summed E-state index contributed by atoms with van der Waals surface area (Å²) < 4.78 is 0.